The first-order chi connectivity index (χ1) is 13.8. The minimum absolute atomic E-state index is 0.109. The minimum Gasteiger partial charge on any atom is -0.494 e. The van der Waals surface area contributed by atoms with E-state index in [1.807, 2.05) is 12.1 Å². The Kier molecular flexibility index (Phi) is 6.63. The van der Waals surface area contributed by atoms with Gasteiger partial charge in [-0.1, -0.05) is 32.9 Å². The van der Waals surface area contributed by atoms with Crippen LogP contribution in [0.4, 0.5) is 5.00 Å². The van der Waals surface area contributed by atoms with Gasteiger partial charge in [-0.05, 0) is 54.4 Å². The maximum absolute atomic E-state index is 12.4. The lowest BCUT2D eigenvalue weighted by atomic mass is 9.87. The molecular weight excluding hydrogens is 386 g/mol. The molecule has 1 aliphatic carbocycles. The Morgan fingerprint density at radius 3 is 2.52 bits per heavy atom. The number of anilines is 1. The number of fused-ring (bicyclic) bond motifs is 1. The summed E-state index contributed by atoms with van der Waals surface area (Å²) in [5.41, 5.74) is 2.95. The van der Waals surface area contributed by atoms with Crippen LogP contribution in [0.15, 0.2) is 24.3 Å². The van der Waals surface area contributed by atoms with Gasteiger partial charge in [0, 0.05) is 11.3 Å². The zero-order valence-electron chi connectivity index (χ0n) is 17.6. The van der Waals surface area contributed by atoms with Crippen molar-refractivity contribution in [2.24, 2.45) is 0 Å². The van der Waals surface area contributed by atoms with E-state index in [1.54, 1.807) is 0 Å². The van der Waals surface area contributed by atoms with Gasteiger partial charge in [-0.15, -0.1) is 11.3 Å². The first-order valence-electron chi connectivity index (χ1n) is 10.1. The van der Waals surface area contributed by atoms with Gasteiger partial charge in [-0.25, -0.2) is 4.79 Å². The van der Waals surface area contributed by atoms with Gasteiger partial charge in [0.25, 0.3) is 0 Å². The zero-order valence-corrected chi connectivity index (χ0v) is 18.4. The van der Waals surface area contributed by atoms with Gasteiger partial charge in [0.2, 0.25) is 5.91 Å². The lowest BCUT2D eigenvalue weighted by molar-refractivity contribution is -0.116. The van der Waals surface area contributed by atoms with Gasteiger partial charge in [0.15, 0.2) is 0 Å². The number of aryl methyl sites for hydroxylation is 1. The number of thiophene rings is 1. The van der Waals surface area contributed by atoms with Gasteiger partial charge in [-0.2, -0.15) is 0 Å². The number of esters is 1. The normalized spacial score (nSPS) is 13.1. The molecule has 0 saturated carbocycles. The van der Waals surface area contributed by atoms with E-state index in [-0.39, 0.29) is 17.3 Å². The highest BCUT2D eigenvalue weighted by Crippen LogP contribution is 2.39. The Hall–Kier alpha value is -2.34. The van der Waals surface area contributed by atoms with Crippen molar-refractivity contribution in [3.05, 3.63) is 45.8 Å². The van der Waals surface area contributed by atoms with Gasteiger partial charge in [0.05, 0.1) is 19.3 Å². The van der Waals surface area contributed by atoms with Crippen molar-refractivity contribution >= 4 is 28.2 Å². The summed E-state index contributed by atoms with van der Waals surface area (Å²) in [5.74, 6) is 0.324. The number of methoxy groups -OCH3 is 1. The summed E-state index contributed by atoms with van der Waals surface area (Å²) >= 11 is 1.50. The number of hydrogen-bond acceptors (Lipinski definition) is 5. The van der Waals surface area contributed by atoms with Crippen LogP contribution >= 0.6 is 11.3 Å². The molecule has 0 atom stereocenters. The second-order valence-electron chi connectivity index (χ2n) is 8.33. The Morgan fingerprint density at radius 1 is 1.14 bits per heavy atom. The number of amides is 1. The smallest absolute Gasteiger partial charge is 0.341 e. The molecule has 0 unspecified atom stereocenters. The largest absolute Gasteiger partial charge is 0.494 e. The second-order valence-corrected chi connectivity index (χ2v) is 9.43. The van der Waals surface area contributed by atoms with E-state index in [0.717, 1.165) is 30.6 Å². The Balaban J connectivity index is 1.49. The summed E-state index contributed by atoms with van der Waals surface area (Å²) in [4.78, 5) is 25.7. The molecule has 156 valence electrons. The van der Waals surface area contributed by atoms with Crippen LogP contribution in [-0.2, 0) is 27.8 Å². The third-order valence-electron chi connectivity index (χ3n) is 5.10. The maximum atomic E-state index is 12.4. The van der Waals surface area contributed by atoms with Crippen molar-refractivity contribution in [1.29, 1.82) is 0 Å². The Bertz CT molecular complexity index is 878. The predicted molar refractivity (Wildman–Crippen MR) is 116 cm³/mol. The summed E-state index contributed by atoms with van der Waals surface area (Å²) in [7, 11) is 1.37. The van der Waals surface area contributed by atoms with Crippen LogP contribution in [0, 0.1) is 0 Å². The van der Waals surface area contributed by atoms with Crippen LogP contribution in [0.2, 0.25) is 0 Å². The molecule has 3 rings (SSSR count). The minimum atomic E-state index is -0.373. The fourth-order valence-electron chi connectivity index (χ4n) is 3.47. The van der Waals surface area contributed by atoms with E-state index in [2.05, 4.69) is 38.2 Å². The molecule has 29 heavy (non-hydrogen) atoms. The maximum Gasteiger partial charge on any atom is 0.341 e. The molecule has 1 aromatic carbocycles. The third-order valence-corrected chi connectivity index (χ3v) is 6.31. The summed E-state index contributed by atoms with van der Waals surface area (Å²) < 4.78 is 10.7. The van der Waals surface area contributed by atoms with Crippen LogP contribution < -0.4 is 10.1 Å². The molecular formula is C23H29NO4S. The molecule has 1 heterocycles. The van der Waals surface area contributed by atoms with Crippen molar-refractivity contribution in [2.45, 2.75) is 58.3 Å². The first kappa shape index (κ1) is 21.4. The lowest BCUT2D eigenvalue weighted by Crippen LogP contribution is -2.15. The lowest BCUT2D eigenvalue weighted by Gasteiger charge is -2.19. The van der Waals surface area contributed by atoms with Crippen LogP contribution in [0.5, 0.6) is 5.75 Å². The van der Waals surface area contributed by atoms with Crippen LogP contribution in [-0.4, -0.2) is 25.6 Å². The SMILES string of the molecule is COC(=O)c1c(NC(=O)CCCOc2ccc(C(C)(C)C)cc2)sc2c1CCC2. The molecule has 0 spiro atoms. The Labute approximate surface area is 176 Å². The quantitative estimate of drug-likeness (QED) is 0.504. The Morgan fingerprint density at radius 2 is 1.86 bits per heavy atom. The first-order valence-corrected chi connectivity index (χ1v) is 10.9. The van der Waals surface area contributed by atoms with Gasteiger partial charge in [-0.3, -0.25) is 4.79 Å². The van der Waals surface area contributed by atoms with Crippen molar-refractivity contribution in [1.82, 2.24) is 0 Å². The van der Waals surface area contributed by atoms with E-state index < -0.39 is 0 Å². The standard InChI is InChI=1S/C23H29NO4S/c1-23(2,3)15-10-12-16(13-11-15)28-14-6-9-19(25)24-21-20(22(26)27-4)17-7-5-8-18(17)29-21/h10-13H,5-9,14H2,1-4H3,(H,24,25). The topological polar surface area (TPSA) is 64.6 Å². The number of carbonyl (C=O) groups excluding carboxylic acids is 2. The number of carbonyl (C=O) groups is 2. The summed E-state index contributed by atoms with van der Waals surface area (Å²) in [6.45, 7) is 6.99. The highest BCUT2D eigenvalue weighted by Gasteiger charge is 2.27. The average Bonchev–Trinajstić information content (AvgIpc) is 3.25. The molecule has 1 aliphatic rings. The molecule has 0 aliphatic heterocycles. The van der Waals surface area contributed by atoms with Crippen LogP contribution in [0.3, 0.4) is 0 Å². The molecule has 1 amide bonds. The fraction of sp³-hybridized carbons (Fsp3) is 0.478. The van der Waals surface area contributed by atoms with Crippen molar-refractivity contribution in [2.75, 3.05) is 19.0 Å². The van der Waals surface area contributed by atoms with Crippen LogP contribution in [0.25, 0.3) is 0 Å². The summed E-state index contributed by atoms with van der Waals surface area (Å²) in [6.07, 6.45) is 3.82. The number of rotatable bonds is 7. The molecule has 2 aromatic rings. The van der Waals surface area contributed by atoms with Gasteiger partial charge >= 0.3 is 5.97 Å². The van der Waals surface area contributed by atoms with E-state index in [4.69, 9.17) is 9.47 Å². The molecule has 5 nitrogen and oxygen atoms in total. The highest BCUT2D eigenvalue weighted by atomic mass is 32.1. The van der Waals surface area contributed by atoms with Crippen molar-refractivity contribution in [3.8, 4) is 5.75 Å². The van der Waals surface area contributed by atoms with Gasteiger partial charge < -0.3 is 14.8 Å². The van der Waals surface area contributed by atoms with Gasteiger partial charge in [0.1, 0.15) is 10.8 Å². The highest BCUT2D eigenvalue weighted by molar-refractivity contribution is 7.17. The number of benzene rings is 1. The molecule has 1 N–H and O–H groups in total. The fourth-order valence-corrected chi connectivity index (χ4v) is 4.77. The monoisotopic (exact) mass is 415 g/mol. The van der Waals surface area contributed by atoms with E-state index in [9.17, 15) is 9.59 Å². The summed E-state index contributed by atoms with van der Waals surface area (Å²) in [6, 6.07) is 8.09. The molecule has 0 radical (unpaired) electrons. The molecule has 0 bridgehead atoms. The number of ether oxygens (including phenoxy) is 2. The van der Waals surface area contributed by atoms with Crippen molar-refractivity contribution < 1.29 is 19.1 Å². The van der Waals surface area contributed by atoms with Crippen molar-refractivity contribution in [3.63, 3.8) is 0 Å². The average molecular weight is 416 g/mol. The molecule has 1 aromatic heterocycles. The third kappa shape index (κ3) is 5.18. The molecule has 6 heteroatoms. The second kappa shape index (κ2) is 8.99. The van der Waals surface area contributed by atoms with E-state index in [0.29, 0.717) is 30.0 Å². The predicted octanol–water partition coefficient (Wildman–Crippen LogP) is 5.12. The zero-order chi connectivity index (χ0) is 21.0. The van der Waals surface area contributed by atoms with E-state index >= 15 is 0 Å². The number of hydrogen-bond donors (Lipinski definition) is 1. The number of nitrogens with one attached hydrogen (secondary N) is 1. The van der Waals surface area contributed by atoms with Crippen LogP contribution in [0.1, 0.15) is 66.4 Å². The summed E-state index contributed by atoms with van der Waals surface area (Å²) in [5, 5.41) is 3.52. The molecule has 0 fully saturated rings. The molecule has 0 saturated heterocycles. The van der Waals surface area contributed by atoms with E-state index in [1.165, 1.54) is 28.9 Å².